The molecule has 0 amide bonds. The quantitative estimate of drug-likeness (QED) is 0.563. The van der Waals surface area contributed by atoms with Crippen LogP contribution in [0.1, 0.15) is 22.3 Å². The molecule has 1 N–H and O–H groups in total. The van der Waals surface area contributed by atoms with Crippen LogP contribution in [0.3, 0.4) is 0 Å². The first-order chi connectivity index (χ1) is 12.6. The zero-order valence-corrected chi connectivity index (χ0v) is 16.2. The van der Waals surface area contributed by atoms with E-state index in [9.17, 15) is 5.11 Å². The second-order valence-corrected chi connectivity index (χ2v) is 7.08. The minimum absolute atomic E-state index is 0.0606. The number of hydrogen-bond donors (Lipinski definition) is 1. The Bertz CT molecular complexity index is 809. The van der Waals surface area contributed by atoms with Gasteiger partial charge in [0.2, 0.25) is 0 Å². The van der Waals surface area contributed by atoms with Crippen molar-refractivity contribution in [2.24, 2.45) is 0 Å². The molecule has 0 unspecified atom stereocenters. The molecule has 3 aromatic carbocycles. The maximum Gasteiger partial charge on any atom is 0.123 e. The SMILES string of the molecule is Cc1cccc(COc2cc(CO)cc(OCc3cccc(Br)c3)c2)c1. The Hall–Kier alpha value is -2.30. The molecule has 134 valence electrons. The molecule has 3 rings (SSSR count). The van der Waals surface area contributed by atoms with E-state index in [2.05, 4.69) is 35.0 Å². The standard InChI is InChI=1S/C22H21BrO3/c1-16-4-2-5-17(8-16)14-25-21-10-19(13-24)11-22(12-21)26-15-18-6-3-7-20(23)9-18/h2-12,24H,13-15H2,1H3. The zero-order chi connectivity index (χ0) is 18.4. The largest absolute Gasteiger partial charge is 0.489 e. The molecule has 0 radical (unpaired) electrons. The van der Waals surface area contributed by atoms with Gasteiger partial charge in [-0.2, -0.15) is 0 Å². The van der Waals surface area contributed by atoms with Crippen molar-refractivity contribution in [2.45, 2.75) is 26.7 Å². The molecule has 0 aliphatic heterocycles. The summed E-state index contributed by atoms with van der Waals surface area (Å²) < 4.78 is 12.8. The lowest BCUT2D eigenvalue weighted by Crippen LogP contribution is -1.99. The minimum Gasteiger partial charge on any atom is -0.489 e. The fourth-order valence-electron chi connectivity index (χ4n) is 2.65. The molecule has 0 saturated heterocycles. The van der Waals surface area contributed by atoms with Crippen molar-refractivity contribution in [3.63, 3.8) is 0 Å². The summed E-state index contributed by atoms with van der Waals surface area (Å²) in [5.74, 6) is 1.36. The van der Waals surface area contributed by atoms with E-state index in [1.54, 1.807) is 0 Å². The number of rotatable bonds is 7. The van der Waals surface area contributed by atoms with Crippen LogP contribution in [0.15, 0.2) is 71.2 Å². The number of aliphatic hydroxyl groups is 1. The number of aryl methyl sites for hydroxylation is 1. The summed E-state index contributed by atoms with van der Waals surface area (Å²) in [7, 11) is 0. The van der Waals surface area contributed by atoms with Crippen molar-refractivity contribution in [1.82, 2.24) is 0 Å². The lowest BCUT2D eigenvalue weighted by molar-refractivity contribution is 0.271. The molecular weight excluding hydrogens is 392 g/mol. The van der Waals surface area contributed by atoms with Gasteiger partial charge in [-0.25, -0.2) is 0 Å². The molecule has 0 aliphatic rings. The third-order valence-electron chi connectivity index (χ3n) is 3.90. The average molecular weight is 413 g/mol. The lowest BCUT2D eigenvalue weighted by Gasteiger charge is -2.12. The molecule has 4 heteroatoms. The van der Waals surface area contributed by atoms with Gasteiger partial charge in [-0.15, -0.1) is 0 Å². The molecule has 3 nitrogen and oxygen atoms in total. The van der Waals surface area contributed by atoms with Crippen molar-refractivity contribution in [2.75, 3.05) is 0 Å². The van der Waals surface area contributed by atoms with Crippen molar-refractivity contribution in [3.8, 4) is 11.5 Å². The number of benzene rings is 3. The second-order valence-electron chi connectivity index (χ2n) is 6.17. The smallest absolute Gasteiger partial charge is 0.123 e. The van der Waals surface area contributed by atoms with Gasteiger partial charge in [0.1, 0.15) is 24.7 Å². The van der Waals surface area contributed by atoms with Crippen LogP contribution in [0.5, 0.6) is 11.5 Å². The van der Waals surface area contributed by atoms with E-state index < -0.39 is 0 Å². The summed E-state index contributed by atoms with van der Waals surface area (Å²) in [6.45, 7) is 2.92. The number of hydrogen-bond acceptors (Lipinski definition) is 3. The molecule has 0 bridgehead atoms. The Morgan fingerprint density at radius 1 is 0.769 bits per heavy atom. The molecule has 0 heterocycles. The summed E-state index contributed by atoms with van der Waals surface area (Å²) >= 11 is 3.46. The molecule has 0 aromatic heterocycles. The highest BCUT2D eigenvalue weighted by molar-refractivity contribution is 9.10. The van der Waals surface area contributed by atoms with Crippen LogP contribution in [0.4, 0.5) is 0 Å². The number of aliphatic hydroxyl groups excluding tert-OH is 1. The number of halogens is 1. The Kier molecular flexibility index (Phi) is 6.31. The maximum absolute atomic E-state index is 9.51. The Labute approximate surface area is 162 Å². The summed E-state index contributed by atoms with van der Waals surface area (Å²) in [4.78, 5) is 0. The van der Waals surface area contributed by atoms with Gasteiger partial charge in [-0.3, -0.25) is 0 Å². The van der Waals surface area contributed by atoms with E-state index in [4.69, 9.17) is 9.47 Å². The highest BCUT2D eigenvalue weighted by Gasteiger charge is 2.05. The first kappa shape index (κ1) is 18.5. The van der Waals surface area contributed by atoms with Gasteiger partial charge in [0.15, 0.2) is 0 Å². The molecular formula is C22H21BrO3. The van der Waals surface area contributed by atoms with E-state index in [1.807, 2.05) is 54.6 Å². The van der Waals surface area contributed by atoms with Gasteiger partial charge >= 0.3 is 0 Å². The van der Waals surface area contributed by atoms with E-state index in [0.29, 0.717) is 24.7 Å². The lowest BCUT2D eigenvalue weighted by atomic mass is 10.1. The first-order valence-corrected chi connectivity index (χ1v) is 9.22. The Balaban J connectivity index is 1.69. The van der Waals surface area contributed by atoms with Crippen LogP contribution >= 0.6 is 15.9 Å². The van der Waals surface area contributed by atoms with Gasteiger partial charge < -0.3 is 14.6 Å². The third kappa shape index (κ3) is 5.35. The molecule has 26 heavy (non-hydrogen) atoms. The monoisotopic (exact) mass is 412 g/mol. The summed E-state index contributed by atoms with van der Waals surface area (Å²) in [5, 5.41) is 9.51. The fourth-order valence-corrected chi connectivity index (χ4v) is 3.10. The fraction of sp³-hybridized carbons (Fsp3) is 0.182. The van der Waals surface area contributed by atoms with Gasteiger partial charge in [-0.1, -0.05) is 57.9 Å². The van der Waals surface area contributed by atoms with Crippen LogP contribution < -0.4 is 9.47 Å². The van der Waals surface area contributed by atoms with Gasteiger partial charge in [0, 0.05) is 10.5 Å². The van der Waals surface area contributed by atoms with Crippen LogP contribution in [0.2, 0.25) is 0 Å². The Morgan fingerprint density at radius 3 is 1.96 bits per heavy atom. The highest BCUT2D eigenvalue weighted by Crippen LogP contribution is 2.25. The maximum atomic E-state index is 9.51. The van der Waals surface area contributed by atoms with Crippen LogP contribution in [0, 0.1) is 6.92 Å². The third-order valence-corrected chi connectivity index (χ3v) is 4.40. The molecule has 0 spiro atoms. The summed E-state index contributed by atoms with van der Waals surface area (Å²) in [6, 6.07) is 21.7. The van der Waals surface area contributed by atoms with Crippen molar-refractivity contribution >= 4 is 15.9 Å². The second kappa shape index (κ2) is 8.88. The predicted octanol–water partition coefficient (Wildman–Crippen LogP) is 5.41. The van der Waals surface area contributed by atoms with Crippen molar-refractivity contribution in [3.05, 3.63) is 93.5 Å². The van der Waals surface area contributed by atoms with Crippen LogP contribution in [0.25, 0.3) is 0 Å². The first-order valence-electron chi connectivity index (χ1n) is 8.43. The van der Waals surface area contributed by atoms with Gasteiger partial charge in [0.05, 0.1) is 6.61 Å². The minimum atomic E-state index is -0.0606. The van der Waals surface area contributed by atoms with E-state index in [0.717, 1.165) is 21.2 Å². The molecule has 0 atom stereocenters. The molecule has 0 fully saturated rings. The number of ether oxygens (including phenoxy) is 2. The van der Waals surface area contributed by atoms with Crippen molar-refractivity contribution in [1.29, 1.82) is 0 Å². The van der Waals surface area contributed by atoms with E-state index in [1.165, 1.54) is 5.56 Å². The normalized spacial score (nSPS) is 10.6. The van der Waals surface area contributed by atoms with Crippen LogP contribution in [-0.2, 0) is 19.8 Å². The molecule has 0 saturated carbocycles. The summed E-state index contributed by atoms with van der Waals surface area (Å²) in [6.07, 6.45) is 0. The zero-order valence-electron chi connectivity index (χ0n) is 14.6. The predicted molar refractivity (Wildman–Crippen MR) is 106 cm³/mol. The van der Waals surface area contributed by atoms with E-state index in [-0.39, 0.29) is 6.61 Å². The Morgan fingerprint density at radius 2 is 1.38 bits per heavy atom. The van der Waals surface area contributed by atoms with Crippen molar-refractivity contribution < 1.29 is 14.6 Å². The van der Waals surface area contributed by atoms with Gasteiger partial charge in [0.25, 0.3) is 0 Å². The van der Waals surface area contributed by atoms with Gasteiger partial charge in [-0.05, 0) is 47.9 Å². The topological polar surface area (TPSA) is 38.7 Å². The van der Waals surface area contributed by atoms with E-state index >= 15 is 0 Å². The molecule has 3 aromatic rings. The highest BCUT2D eigenvalue weighted by atomic mass is 79.9. The van der Waals surface area contributed by atoms with Crippen LogP contribution in [-0.4, -0.2) is 5.11 Å². The summed E-state index contributed by atoms with van der Waals surface area (Å²) in [5.41, 5.74) is 4.14. The average Bonchev–Trinajstić information content (AvgIpc) is 2.65. The molecule has 0 aliphatic carbocycles.